The summed E-state index contributed by atoms with van der Waals surface area (Å²) in [5.41, 5.74) is 5.61. The van der Waals surface area contributed by atoms with Gasteiger partial charge in [-0.05, 0) is 12.5 Å². The molecule has 18 heavy (non-hydrogen) atoms. The van der Waals surface area contributed by atoms with Crippen LogP contribution in [0.25, 0.3) is 0 Å². The molecule has 3 N–H and O–H groups in total. The average molecular weight is 250 g/mol. The highest BCUT2D eigenvalue weighted by Crippen LogP contribution is 2.19. The molecule has 0 aliphatic heterocycles. The summed E-state index contributed by atoms with van der Waals surface area (Å²) in [7, 11) is 1.55. The fraction of sp³-hybridized carbons (Fsp3) is 0.385. The molecule has 0 heterocycles. The first-order chi connectivity index (χ1) is 8.35. The Morgan fingerprint density at radius 2 is 1.89 bits per heavy atom. The molecule has 0 saturated carbocycles. The fourth-order valence-corrected chi connectivity index (χ4v) is 1.67. The normalized spacial score (nSPS) is 13.7. The molecule has 0 aromatic heterocycles. The number of carboxylic acid groups (broad SMARTS) is 1. The van der Waals surface area contributed by atoms with Crippen LogP contribution in [0, 0.1) is 0 Å². The van der Waals surface area contributed by atoms with Crippen LogP contribution < -0.4 is 5.73 Å². The Bertz CT molecular complexity index is 429. The number of carbonyl (C=O) groups excluding carboxylic acids is 1. The van der Waals surface area contributed by atoms with Gasteiger partial charge in [-0.2, -0.15) is 0 Å². The quantitative estimate of drug-likeness (QED) is 0.809. The first kappa shape index (κ1) is 14.2. The maximum Gasteiger partial charge on any atom is 0.305 e. The van der Waals surface area contributed by atoms with Crippen molar-refractivity contribution in [2.24, 2.45) is 5.73 Å². The molecule has 0 fully saturated rings. The SMILES string of the molecule is CN(CCC(=O)O)C(=O)C(C)(N)c1ccccc1. The van der Waals surface area contributed by atoms with Crippen molar-refractivity contribution in [1.29, 1.82) is 0 Å². The van der Waals surface area contributed by atoms with E-state index in [0.29, 0.717) is 5.56 Å². The number of nitrogens with two attached hydrogens (primary N) is 1. The van der Waals surface area contributed by atoms with Gasteiger partial charge in [0.05, 0.1) is 6.42 Å². The van der Waals surface area contributed by atoms with E-state index in [0.717, 1.165) is 0 Å². The zero-order valence-electron chi connectivity index (χ0n) is 10.6. The summed E-state index contributed by atoms with van der Waals surface area (Å²) in [6.07, 6.45) is -0.0902. The van der Waals surface area contributed by atoms with Crippen LogP contribution in [0.2, 0.25) is 0 Å². The second-order valence-electron chi connectivity index (χ2n) is 4.44. The molecule has 1 rings (SSSR count). The molecule has 1 amide bonds. The smallest absolute Gasteiger partial charge is 0.305 e. The number of amides is 1. The van der Waals surface area contributed by atoms with Gasteiger partial charge in [-0.3, -0.25) is 9.59 Å². The van der Waals surface area contributed by atoms with Gasteiger partial charge in [0.1, 0.15) is 5.54 Å². The van der Waals surface area contributed by atoms with Crippen LogP contribution in [0.3, 0.4) is 0 Å². The van der Waals surface area contributed by atoms with E-state index in [9.17, 15) is 9.59 Å². The maximum atomic E-state index is 12.2. The van der Waals surface area contributed by atoms with Crippen LogP contribution in [0.1, 0.15) is 18.9 Å². The second-order valence-corrected chi connectivity index (χ2v) is 4.44. The minimum Gasteiger partial charge on any atom is -0.481 e. The van der Waals surface area contributed by atoms with Crippen LogP contribution >= 0.6 is 0 Å². The van der Waals surface area contributed by atoms with Crippen molar-refractivity contribution in [2.75, 3.05) is 13.6 Å². The molecule has 0 spiro atoms. The van der Waals surface area contributed by atoms with E-state index in [4.69, 9.17) is 10.8 Å². The molecule has 0 bridgehead atoms. The van der Waals surface area contributed by atoms with E-state index in [1.54, 1.807) is 26.1 Å². The molecule has 0 aliphatic carbocycles. The van der Waals surface area contributed by atoms with E-state index in [-0.39, 0.29) is 18.9 Å². The zero-order valence-corrected chi connectivity index (χ0v) is 10.6. The van der Waals surface area contributed by atoms with Crippen molar-refractivity contribution < 1.29 is 14.7 Å². The summed E-state index contributed by atoms with van der Waals surface area (Å²) >= 11 is 0. The summed E-state index contributed by atoms with van der Waals surface area (Å²) in [5.74, 6) is -1.23. The second kappa shape index (κ2) is 5.64. The standard InChI is InChI=1S/C13H18N2O3/c1-13(14,10-6-4-3-5-7-10)12(18)15(2)9-8-11(16)17/h3-7H,8-9,14H2,1-2H3,(H,16,17). The van der Waals surface area contributed by atoms with E-state index in [1.165, 1.54) is 4.90 Å². The Morgan fingerprint density at radius 3 is 2.39 bits per heavy atom. The highest BCUT2D eigenvalue weighted by molar-refractivity contribution is 5.87. The molecule has 1 unspecified atom stereocenters. The number of rotatable bonds is 5. The number of likely N-dealkylation sites (N-methyl/N-ethyl adjacent to an activating group) is 1. The first-order valence-corrected chi connectivity index (χ1v) is 5.67. The highest BCUT2D eigenvalue weighted by Gasteiger charge is 2.32. The van der Waals surface area contributed by atoms with Crippen LogP contribution in [0.4, 0.5) is 0 Å². The van der Waals surface area contributed by atoms with Gasteiger partial charge in [0.25, 0.3) is 0 Å². The Morgan fingerprint density at radius 1 is 1.33 bits per heavy atom. The number of hydrogen-bond donors (Lipinski definition) is 2. The number of carboxylic acids is 1. The van der Waals surface area contributed by atoms with Gasteiger partial charge < -0.3 is 15.7 Å². The molecule has 0 saturated heterocycles. The molecular formula is C13H18N2O3. The predicted octanol–water partition coefficient (Wildman–Crippen LogP) is 0.794. The van der Waals surface area contributed by atoms with Crippen molar-refractivity contribution in [3.8, 4) is 0 Å². The molecule has 0 aliphatic rings. The maximum absolute atomic E-state index is 12.2. The number of benzene rings is 1. The van der Waals surface area contributed by atoms with Crippen molar-refractivity contribution in [2.45, 2.75) is 18.9 Å². The lowest BCUT2D eigenvalue weighted by Gasteiger charge is -2.29. The van der Waals surface area contributed by atoms with Crippen LogP contribution in [0.5, 0.6) is 0 Å². The third-order valence-corrected chi connectivity index (χ3v) is 2.83. The molecule has 1 aromatic rings. The van der Waals surface area contributed by atoms with Crippen LogP contribution in [0.15, 0.2) is 30.3 Å². The van der Waals surface area contributed by atoms with E-state index >= 15 is 0 Å². The van der Waals surface area contributed by atoms with Crippen molar-refractivity contribution in [1.82, 2.24) is 4.90 Å². The van der Waals surface area contributed by atoms with Crippen molar-refractivity contribution in [3.63, 3.8) is 0 Å². The molecule has 1 atom stereocenters. The molecule has 98 valence electrons. The number of hydrogen-bond acceptors (Lipinski definition) is 3. The minimum atomic E-state index is -1.14. The van der Waals surface area contributed by atoms with Crippen LogP contribution in [-0.2, 0) is 15.1 Å². The predicted molar refractivity (Wildman–Crippen MR) is 67.9 cm³/mol. The number of carbonyl (C=O) groups is 2. The Kier molecular flexibility index (Phi) is 4.44. The first-order valence-electron chi connectivity index (χ1n) is 5.67. The van der Waals surface area contributed by atoms with Gasteiger partial charge in [0, 0.05) is 13.6 Å². The Labute approximate surface area is 106 Å². The summed E-state index contributed by atoms with van der Waals surface area (Å²) in [6.45, 7) is 1.77. The summed E-state index contributed by atoms with van der Waals surface area (Å²) in [5, 5.41) is 8.59. The van der Waals surface area contributed by atoms with Gasteiger partial charge in [-0.15, -0.1) is 0 Å². The lowest BCUT2D eigenvalue weighted by atomic mass is 9.92. The third kappa shape index (κ3) is 3.30. The summed E-state index contributed by atoms with van der Waals surface area (Å²) in [6, 6.07) is 9.03. The minimum absolute atomic E-state index is 0.0902. The Hall–Kier alpha value is -1.88. The van der Waals surface area contributed by atoms with E-state index < -0.39 is 11.5 Å². The van der Waals surface area contributed by atoms with Crippen molar-refractivity contribution >= 4 is 11.9 Å². The number of nitrogens with zero attached hydrogens (tertiary/aromatic N) is 1. The zero-order chi connectivity index (χ0) is 13.8. The van der Waals surface area contributed by atoms with Crippen molar-refractivity contribution in [3.05, 3.63) is 35.9 Å². The lowest BCUT2D eigenvalue weighted by Crippen LogP contribution is -2.50. The van der Waals surface area contributed by atoms with Crippen LogP contribution in [-0.4, -0.2) is 35.5 Å². The topological polar surface area (TPSA) is 83.6 Å². The molecule has 5 heteroatoms. The van der Waals surface area contributed by atoms with Gasteiger partial charge in [-0.1, -0.05) is 30.3 Å². The summed E-state index contributed by atoms with van der Waals surface area (Å²) < 4.78 is 0. The Balaban J connectivity index is 2.79. The largest absolute Gasteiger partial charge is 0.481 e. The van der Waals surface area contributed by atoms with E-state index in [2.05, 4.69) is 0 Å². The summed E-state index contributed by atoms with van der Waals surface area (Å²) in [4.78, 5) is 24.0. The van der Waals surface area contributed by atoms with Gasteiger partial charge >= 0.3 is 5.97 Å². The van der Waals surface area contributed by atoms with Gasteiger partial charge in [-0.25, -0.2) is 0 Å². The molecule has 5 nitrogen and oxygen atoms in total. The number of aliphatic carboxylic acids is 1. The molecule has 0 radical (unpaired) electrons. The average Bonchev–Trinajstić information content (AvgIpc) is 2.36. The van der Waals surface area contributed by atoms with E-state index in [1.807, 2.05) is 18.2 Å². The third-order valence-electron chi connectivity index (χ3n) is 2.83. The van der Waals surface area contributed by atoms with Gasteiger partial charge in [0.15, 0.2) is 0 Å². The molecule has 1 aromatic carbocycles. The fourth-order valence-electron chi connectivity index (χ4n) is 1.67. The lowest BCUT2D eigenvalue weighted by molar-refractivity contribution is -0.139. The highest BCUT2D eigenvalue weighted by atomic mass is 16.4. The molecular weight excluding hydrogens is 232 g/mol. The van der Waals surface area contributed by atoms with Gasteiger partial charge in [0.2, 0.25) is 5.91 Å². The monoisotopic (exact) mass is 250 g/mol.